The average molecular weight is 232 g/mol. The van der Waals surface area contributed by atoms with Crippen LogP contribution in [0.25, 0.3) is 0 Å². The summed E-state index contributed by atoms with van der Waals surface area (Å²) in [6.07, 6.45) is 0. The van der Waals surface area contributed by atoms with E-state index < -0.39 is 5.82 Å². The van der Waals surface area contributed by atoms with E-state index in [-0.39, 0.29) is 5.91 Å². The van der Waals surface area contributed by atoms with Crippen LogP contribution in [0, 0.1) is 5.82 Å². The maximum atomic E-state index is 12.7. The quantitative estimate of drug-likeness (QED) is 0.787. The Kier molecular flexibility index (Phi) is 2.81. The van der Waals surface area contributed by atoms with E-state index in [1.807, 2.05) is 0 Å². The van der Waals surface area contributed by atoms with Gasteiger partial charge in [0.05, 0.1) is 0 Å². The molecule has 0 aliphatic carbocycles. The van der Waals surface area contributed by atoms with Gasteiger partial charge in [-0.2, -0.15) is 0 Å². The molecule has 64 valence electrons. The van der Waals surface area contributed by atoms with Crippen molar-refractivity contribution in [3.8, 4) is 0 Å². The van der Waals surface area contributed by atoms with Gasteiger partial charge in [-0.05, 0) is 18.2 Å². The van der Waals surface area contributed by atoms with E-state index in [4.69, 9.17) is 0 Å². The Morgan fingerprint density at radius 3 is 2.67 bits per heavy atom. The lowest BCUT2D eigenvalue weighted by molar-refractivity contribution is 0.0962. The normalized spacial score (nSPS) is 9.58. The van der Waals surface area contributed by atoms with Crippen LogP contribution in [-0.4, -0.2) is 13.0 Å². The first-order valence-corrected chi connectivity index (χ1v) is 4.11. The average Bonchev–Trinajstić information content (AvgIpc) is 2.01. The van der Waals surface area contributed by atoms with Crippen LogP contribution >= 0.6 is 15.9 Å². The molecule has 1 aromatic rings. The van der Waals surface area contributed by atoms with Gasteiger partial charge in [0, 0.05) is 17.1 Å². The molecule has 1 rings (SSSR count). The second kappa shape index (κ2) is 3.67. The lowest BCUT2D eigenvalue weighted by Gasteiger charge is -1.99. The molecule has 1 amide bonds. The van der Waals surface area contributed by atoms with Gasteiger partial charge in [-0.1, -0.05) is 15.9 Å². The van der Waals surface area contributed by atoms with Crippen molar-refractivity contribution >= 4 is 21.8 Å². The van der Waals surface area contributed by atoms with E-state index in [0.29, 0.717) is 10.0 Å². The summed E-state index contributed by atoms with van der Waals surface area (Å²) in [6.45, 7) is 0. The molecular formula is C8H7BrFNO. The van der Waals surface area contributed by atoms with Crippen molar-refractivity contribution in [1.82, 2.24) is 5.32 Å². The van der Waals surface area contributed by atoms with Gasteiger partial charge in [-0.15, -0.1) is 0 Å². The highest BCUT2D eigenvalue weighted by atomic mass is 79.9. The molecule has 0 aliphatic rings. The van der Waals surface area contributed by atoms with Crippen molar-refractivity contribution in [1.29, 1.82) is 0 Å². The number of hydrogen-bond acceptors (Lipinski definition) is 1. The molecule has 0 radical (unpaired) electrons. The number of rotatable bonds is 1. The van der Waals surface area contributed by atoms with Gasteiger partial charge in [0.25, 0.3) is 5.91 Å². The minimum Gasteiger partial charge on any atom is -0.355 e. The highest BCUT2D eigenvalue weighted by Crippen LogP contribution is 2.14. The van der Waals surface area contributed by atoms with Crippen LogP contribution in [0.1, 0.15) is 10.4 Å². The van der Waals surface area contributed by atoms with Crippen molar-refractivity contribution in [2.75, 3.05) is 7.05 Å². The smallest absolute Gasteiger partial charge is 0.251 e. The van der Waals surface area contributed by atoms with Gasteiger partial charge in [-0.25, -0.2) is 4.39 Å². The Morgan fingerprint density at radius 2 is 2.17 bits per heavy atom. The van der Waals surface area contributed by atoms with E-state index in [1.165, 1.54) is 19.2 Å². The molecule has 0 unspecified atom stereocenters. The molecule has 0 heterocycles. The van der Waals surface area contributed by atoms with Crippen LogP contribution in [0.3, 0.4) is 0 Å². The van der Waals surface area contributed by atoms with Crippen molar-refractivity contribution < 1.29 is 9.18 Å². The van der Waals surface area contributed by atoms with Gasteiger partial charge in [0.2, 0.25) is 0 Å². The topological polar surface area (TPSA) is 29.1 Å². The number of carbonyl (C=O) groups excluding carboxylic acids is 1. The summed E-state index contributed by atoms with van der Waals surface area (Å²) in [6, 6.07) is 4.04. The van der Waals surface area contributed by atoms with Crippen molar-refractivity contribution in [3.63, 3.8) is 0 Å². The summed E-state index contributed by atoms with van der Waals surface area (Å²) in [5.74, 6) is -0.724. The van der Waals surface area contributed by atoms with Crippen LogP contribution in [0.5, 0.6) is 0 Å². The Hall–Kier alpha value is -0.900. The fourth-order valence-corrected chi connectivity index (χ4v) is 1.29. The van der Waals surface area contributed by atoms with Crippen molar-refractivity contribution in [3.05, 3.63) is 34.1 Å². The predicted molar refractivity (Wildman–Crippen MR) is 47.5 cm³/mol. The summed E-state index contributed by atoms with van der Waals surface area (Å²) >= 11 is 3.09. The first-order chi connectivity index (χ1) is 5.63. The van der Waals surface area contributed by atoms with Gasteiger partial charge in [-0.3, -0.25) is 4.79 Å². The highest BCUT2D eigenvalue weighted by Gasteiger charge is 2.05. The largest absolute Gasteiger partial charge is 0.355 e. The first-order valence-electron chi connectivity index (χ1n) is 3.31. The maximum absolute atomic E-state index is 12.7. The molecule has 0 saturated heterocycles. The van der Waals surface area contributed by atoms with Crippen LogP contribution in [0.15, 0.2) is 22.7 Å². The predicted octanol–water partition coefficient (Wildman–Crippen LogP) is 1.95. The third-order valence-electron chi connectivity index (χ3n) is 1.35. The zero-order chi connectivity index (χ0) is 9.14. The number of hydrogen-bond donors (Lipinski definition) is 1. The zero-order valence-electron chi connectivity index (χ0n) is 6.40. The molecule has 0 bridgehead atoms. The summed E-state index contributed by atoms with van der Waals surface area (Å²) in [5.41, 5.74) is 0.310. The minimum absolute atomic E-state index is 0.296. The monoisotopic (exact) mass is 231 g/mol. The van der Waals surface area contributed by atoms with E-state index in [1.54, 1.807) is 6.07 Å². The van der Waals surface area contributed by atoms with Gasteiger partial charge in [0.15, 0.2) is 0 Å². The summed E-state index contributed by atoms with van der Waals surface area (Å²) in [4.78, 5) is 11.0. The molecule has 12 heavy (non-hydrogen) atoms. The van der Waals surface area contributed by atoms with Crippen molar-refractivity contribution in [2.24, 2.45) is 0 Å². The molecular weight excluding hydrogens is 225 g/mol. The first kappa shape index (κ1) is 9.19. The summed E-state index contributed by atoms with van der Waals surface area (Å²) in [5, 5.41) is 2.41. The second-order valence-corrected chi connectivity index (χ2v) is 3.15. The van der Waals surface area contributed by atoms with E-state index in [9.17, 15) is 9.18 Å². The number of nitrogens with one attached hydrogen (secondary N) is 1. The Balaban J connectivity index is 3.08. The minimum atomic E-state index is -0.428. The lowest BCUT2D eigenvalue weighted by Crippen LogP contribution is -2.17. The molecule has 0 saturated carbocycles. The Labute approximate surface area is 77.9 Å². The van der Waals surface area contributed by atoms with E-state index in [0.717, 1.165) is 0 Å². The fraction of sp³-hybridized carbons (Fsp3) is 0.125. The van der Waals surface area contributed by atoms with Gasteiger partial charge >= 0.3 is 0 Å². The Bertz CT molecular complexity index is 294. The number of halogens is 2. The molecule has 1 aromatic carbocycles. The molecule has 0 fully saturated rings. The zero-order valence-corrected chi connectivity index (χ0v) is 7.98. The molecule has 1 N–H and O–H groups in total. The molecule has 0 aromatic heterocycles. The van der Waals surface area contributed by atoms with Crippen LogP contribution in [0.2, 0.25) is 0 Å². The number of carbonyl (C=O) groups is 1. The third kappa shape index (κ3) is 2.04. The standard InChI is InChI=1S/C8H7BrFNO/c1-11-8(12)5-2-6(9)4-7(10)3-5/h2-4H,1H3,(H,11,12). The third-order valence-corrected chi connectivity index (χ3v) is 1.81. The molecule has 4 heteroatoms. The Morgan fingerprint density at radius 1 is 1.50 bits per heavy atom. The highest BCUT2D eigenvalue weighted by molar-refractivity contribution is 9.10. The second-order valence-electron chi connectivity index (χ2n) is 2.24. The summed E-state index contributed by atoms with van der Waals surface area (Å²) in [7, 11) is 1.50. The number of amides is 1. The van der Waals surface area contributed by atoms with Gasteiger partial charge < -0.3 is 5.32 Å². The number of benzene rings is 1. The maximum Gasteiger partial charge on any atom is 0.251 e. The summed E-state index contributed by atoms with van der Waals surface area (Å²) < 4.78 is 13.3. The SMILES string of the molecule is CNC(=O)c1cc(F)cc(Br)c1. The fourth-order valence-electron chi connectivity index (χ4n) is 0.829. The van der Waals surface area contributed by atoms with Crippen LogP contribution in [-0.2, 0) is 0 Å². The molecule has 0 atom stereocenters. The van der Waals surface area contributed by atoms with E-state index in [2.05, 4.69) is 21.2 Å². The van der Waals surface area contributed by atoms with E-state index >= 15 is 0 Å². The lowest BCUT2D eigenvalue weighted by atomic mass is 10.2. The van der Waals surface area contributed by atoms with Crippen LogP contribution < -0.4 is 5.32 Å². The molecule has 0 spiro atoms. The molecule has 2 nitrogen and oxygen atoms in total. The van der Waals surface area contributed by atoms with Crippen molar-refractivity contribution in [2.45, 2.75) is 0 Å². The molecule has 0 aliphatic heterocycles. The van der Waals surface area contributed by atoms with Gasteiger partial charge in [0.1, 0.15) is 5.82 Å². The van der Waals surface area contributed by atoms with Crippen LogP contribution in [0.4, 0.5) is 4.39 Å².